The Bertz CT molecular complexity index is 600. The molecule has 0 radical (unpaired) electrons. The molecule has 0 unspecified atom stereocenters. The largest absolute Gasteiger partial charge is 0.478 e. The third kappa shape index (κ3) is 4.37. The number of aromatic carboxylic acids is 1. The smallest absolute Gasteiger partial charge is 0.402 e. The maximum absolute atomic E-state index is 11.9. The molecule has 106 valence electrons. The first-order chi connectivity index (χ1) is 8.53. The van der Waals surface area contributed by atoms with Crippen molar-refractivity contribution in [2.45, 2.75) is 11.1 Å². The van der Waals surface area contributed by atoms with Crippen LogP contribution in [-0.4, -0.2) is 32.2 Å². The molecule has 0 aliphatic rings. The number of alkyl halides is 3. The quantitative estimate of drug-likeness (QED) is 0.888. The Hall–Kier alpha value is -1.32. The summed E-state index contributed by atoms with van der Waals surface area (Å²) < 4.78 is 60.1. The van der Waals surface area contributed by atoms with Gasteiger partial charge >= 0.3 is 12.1 Å². The van der Waals surface area contributed by atoms with Crippen molar-refractivity contribution in [3.05, 3.63) is 28.8 Å². The van der Waals surface area contributed by atoms with Gasteiger partial charge in [-0.25, -0.2) is 17.9 Å². The maximum Gasteiger partial charge on any atom is 0.402 e. The molecule has 1 rings (SSSR count). The number of sulfonamides is 1. The van der Waals surface area contributed by atoms with Crippen LogP contribution < -0.4 is 4.72 Å². The third-order valence-electron chi connectivity index (χ3n) is 1.94. The SMILES string of the molecule is O=C(O)c1ccc(S(=O)(=O)NCC(F)(F)F)cc1Cl. The molecule has 0 aromatic heterocycles. The molecule has 0 aliphatic carbocycles. The summed E-state index contributed by atoms with van der Waals surface area (Å²) >= 11 is 5.53. The lowest BCUT2D eigenvalue weighted by molar-refractivity contribution is -0.121. The zero-order valence-electron chi connectivity index (χ0n) is 9.03. The van der Waals surface area contributed by atoms with E-state index in [2.05, 4.69) is 0 Å². The number of carbonyl (C=O) groups is 1. The second-order valence-electron chi connectivity index (χ2n) is 3.39. The highest BCUT2D eigenvalue weighted by Gasteiger charge is 2.30. The summed E-state index contributed by atoms with van der Waals surface area (Å²) in [5.74, 6) is -1.38. The molecule has 0 atom stereocenters. The maximum atomic E-state index is 11.9. The van der Waals surface area contributed by atoms with E-state index < -0.39 is 33.6 Å². The van der Waals surface area contributed by atoms with Gasteiger partial charge in [-0.2, -0.15) is 13.2 Å². The molecule has 1 aromatic rings. The van der Waals surface area contributed by atoms with Crippen LogP contribution in [0.2, 0.25) is 5.02 Å². The van der Waals surface area contributed by atoms with Gasteiger partial charge in [0.25, 0.3) is 0 Å². The van der Waals surface area contributed by atoms with Crippen molar-refractivity contribution in [1.82, 2.24) is 4.72 Å². The minimum absolute atomic E-state index is 0.351. The van der Waals surface area contributed by atoms with Gasteiger partial charge in [-0.1, -0.05) is 11.6 Å². The second-order valence-corrected chi connectivity index (χ2v) is 5.56. The summed E-state index contributed by atoms with van der Waals surface area (Å²) in [5, 5.41) is 8.28. The summed E-state index contributed by atoms with van der Waals surface area (Å²) in [6.07, 6.45) is -4.70. The van der Waals surface area contributed by atoms with Gasteiger partial charge in [0.2, 0.25) is 10.0 Å². The van der Waals surface area contributed by atoms with Gasteiger partial charge in [-0.15, -0.1) is 0 Å². The van der Waals surface area contributed by atoms with Crippen molar-refractivity contribution in [2.75, 3.05) is 6.54 Å². The number of benzene rings is 1. The van der Waals surface area contributed by atoms with E-state index in [1.165, 1.54) is 4.72 Å². The third-order valence-corrected chi connectivity index (χ3v) is 3.66. The van der Waals surface area contributed by atoms with Gasteiger partial charge in [-0.05, 0) is 18.2 Å². The molecule has 0 saturated heterocycles. The Kier molecular flexibility index (Phi) is 4.43. The normalized spacial score (nSPS) is 12.4. The van der Waals surface area contributed by atoms with Crippen molar-refractivity contribution >= 4 is 27.6 Å². The van der Waals surface area contributed by atoms with Crippen LogP contribution in [0.5, 0.6) is 0 Å². The molecule has 2 N–H and O–H groups in total. The highest BCUT2D eigenvalue weighted by atomic mass is 35.5. The average Bonchev–Trinajstić information content (AvgIpc) is 2.25. The van der Waals surface area contributed by atoms with Crippen LogP contribution in [0.3, 0.4) is 0 Å². The van der Waals surface area contributed by atoms with Crippen molar-refractivity contribution in [1.29, 1.82) is 0 Å². The molecule has 0 aliphatic heterocycles. The van der Waals surface area contributed by atoms with Crippen LogP contribution in [-0.2, 0) is 10.0 Å². The van der Waals surface area contributed by atoms with E-state index in [-0.39, 0.29) is 10.6 Å². The van der Waals surface area contributed by atoms with Crippen LogP contribution >= 0.6 is 11.6 Å². The summed E-state index contributed by atoms with van der Waals surface area (Å²) in [7, 11) is -4.41. The van der Waals surface area contributed by atoms with Gasteiger partial charge < -0.3 is 5.11 Å². The van der Waals surface area contributed by atoms with Gasteiger partial charge in [0.15, 0.2) is 0 Å². The minimum Gasteiger partial charge on any atom is -0.478 e. The zero-order chi connectivity index (χ0) is 14.8. The molecule has 0 spiro atoms. The van der Waals surface area contributed by atoms with Crippen molar-refractivity contribution in [2.24, 2.45) is 0 Å². The van der Waals surface area contributed by atoms with Gasteiger partial charge in [0.05, 0.1) is 15.5 Å². The van der Waals surface area contributed by atoms with Gasteiger partial charge in [0.1, 0.15) is 6.54 Å². The number of carboxylic acid groups (broad SMARTS) is 1. The van der Waals surface area contributed by atoms with Crippen molar-refractivity contribution < 1.29 is 31.5 Å². The molecule has 0 amide bonds. The van der Waals surface area contributed by atoms with Crippen molar-refractivity contribution in [3.63, 3.8) is 0 Å². The lowest BCUT2D eigenvalue weighted by Gasteiger charge is -2.10. The number of nitrogens with one attached hydrogen (secondary N) is 1. The monoisotopic (exact) mass is 317 g/mol. The topological polar surface area (TPSA) is 83.5 Å². The number of carboxylic acids is 1. The van der Waals surface area contributed by atoms with Crippen LogP contribution in [0.1, 0.15) is 10.4 Å². The summed E-state index contributed by atoms with van der Waals surface area (Å²) in [6.45, 7) is -1.73. The predicted octanol–water partition coefficient (Wildman–Crippen LogP) is 1.88. The predicted molar refractivity (Wildman–Crippen MR) is 59.7 cm³/mol. The molecule has 0 heterocycles. The fourth-order valence-electron chi connectivity index (χ4n) is 1.10. The average molecular weight is 318 g/mol. The molecule has 10 heteroatoms. The van der Waals surface area contributed by atoms with E-state index in [0.29, 0.717) is 0 Å². The van der Waals surface area contributed by atoms with Crippen molar-refractivity contribution in [3.8, 4) is 0 Å². The number of halogens is 4. The molecule has 5 nitrogen and oxygen atoms in total. The first-order valence-electron chi connectivity index (χ1n) is 4.62. The lowest BCUT2D eigenvalue weighted by Crippen LogP contribution is -2.33. The highest BCUT2D eigenvalue weighted by Crippen LogP contribution is 2.21. The first kappa shape index (κ1) is 15.7. The number of rotatable bonds is 4. The molecular weight excluding hydrogens is 311 g/mol. The molecule has 0 bridgehead atoms. The van der Waals surface area contributed by atoms with E-state index in [1.807, 2.05) is 0 Å². The second kappa shape index (κ2) is 5.35. The van der Waals surface area contributed by atoms with E-state index in [9.17, 15) is 26.4 Å². The zero-order valence-corrected chi connectivity index (χ0v) is 10.6. The van der Waals surface area contributed by atoms with Gasteiger partial charge in [-0.3, -0.25) is 0 Å². The molecule has 0 fully saturated rings. The Balaban J connectivity index is 3.03. The summed E-state index contributed by atoms with van der Waals surface area (Å²) in [6, 6.07) is 2.52. The van der Waals surface area contributed by atoms with Crippen LogP contribution in [0.4, 0.5) is 13.2 Å². The molecule has 19 heavy (non-hydrogen) atoms. The fourth-order valence-corrected chi connectivity index (χ4v) is 2.46. The Labute approximate surface area is 111 Å². The molecule has 0 saturated carbocycles. The Morgan fingerprint density at radius 1 is 1.37 bits per heavy atom. The minimum atomic E-state index is -4.70. The van der Waals surface area contributed by atoms with Crippen LogP contribution in [0.25, 0.3) is 0 Å². The molecule has 1 aromatic carbocycles. The fraction of sp³-hybridized carbons (Fsp3) is 0.222. The Morgan fingerprint density at radius 2 is 1.95 bits per heavy atom. The standard InChI is InChI=1S/C9H7ClF3NO4S/c10-7-3-5(1-2-6(7)8(15)16)19(17,18)14-4-9(11,12)13/h1-3,14H,4H2,(H,15,16). The van der Waals surface area contributed by atoms with E-state index in [4.69, 9.17) is 16.7 Å². The number of hydrogen-bond acceptors (Lipinski definition) is 3. The Morgan fingerprint density at radius 3 is 2.37 bits per heavy atom. The lowest BCUT2D eigenvalue weighted by atomic mass is 10.2. The van der Waals surface area contributed by atoms with Crippen LogP contribution in [0, 0.1) is 0 Å². The van der Waals surface area contributed by atoms with E-state index in [1.54, 1.807) is 0 Å². The molecular formula is C9H7ClF3NO4S. The van der Waals surface area contributed by atoms with Gasteiger partial charge in [0, 0.05) is 0 Å². The van der Waals surface area contributed by atoms with E-state index >= 15 is 0 Å². The highest BCUT2D eigenvalue weighted by molar-refractivity contribution is 7.89. The summed E-state index contributed by atoms with van der Waals surface area (Å²) in [5.41, 5.74) is -0.351. The number of hydrogen-bond donors (Lipinski definition) is 2. The summed E-state index contributed by atoms with van der Waals surface area (Å²) in [4.78, 5) is 10.1. The first-order valence-corrected chi connectivity index (χ1v) is 6.48. The van der Waals surface area contributed by atoms with E-state index in [0.717, 1.165) is 18.2 Å². The van der Waals surface area contributed by atoms with Crippen LogP contribution in [0.15, 0.2) is 23.1 Å².